The lowest BCUT2D eigenvalue weighted by Crippen LogP contribution is -2.11. The lowest BCUT2D eigenvalue weighted by molar-refractivity contribution is 1.05. The van der Waals surface area contributed by atoms with Gasteiger partial charge in [0.1, 0.15) is 0 Å². The highest BCUT2D eigenvalue weighted by molar-refractivity contribution is 6.13. The van der Waals surface area contributed by atoms with Crippen LogP contribution in [-0.4, -0.2) is 27.9 Å². The van der Waals surface area contributed by atoms with Gasteiger partial charge in [0.05, 0.1) is 29.0 Å². The third kappa shape index (κ3) is 7.85. The van der Waals surface area contributed by atoms with Gasteiger partial charge in [0, 0.05) is 56.8 Å². The van der Waals surface area contributed by atoms with E-state index in [2.05, 4.69) is 161 Å². The SMILES string of the molecule is C=NC(=NC(=NCc1ccnc(-c2ccc3c(c2)c2ccccc2n3-c2cccc(-c3ccc4c(c3)N(c3ccccc3)/C=C\C=C/C4=C)c2)c1)c1ccccc1)c1ccccc1. The lowest BCUT2D eigenvalue weighted by Gasteiger charge is -2.26. The number of benzene rings is 7. The fourth-order valence-corrected chi connectivity index (χ4v) is 8.26. The second kappa shape index (κ2) is 17.2. The van der Waals surface area contributed by atoms with Gasteiger partial charge in [-0.1, -0.05) is 146 Å². The van der Waals surface area contributed by atoms with Crippen molar-refractivity contribution in [1.82, 2.24) is 9.55 Å². The van der Waals surface area contributed by atoms with Gasteiger partial charge in [-0.25, -0.2) is 9.98 Å². The number of hydrogen-bond donors (Lipinski definition) is 0. The molecular weight excluding hydrogens is 769 g/mol. The van der Waals surface area contributed by atoms with E-state index in [-0.39, 0.29) is 0 Å². The number of aliphatic imine (C=N–C) groups is 3. The summed E-state index contributed by atoms with van der Waals surface area (Å²) in [5.74, 6) is 1.11. The van der Waals surface area contributed by atoms with Gasteiger partial charge in [-0.05, 0) is 95.7 Å². The molecule has 0 spiro atoms. The first kappa shape index (κ1) is 38.7. The van der Waals surface area contributed by atoms with Crippen molar-refractivity contribution in [3.05, 3.63) is 248 Å². The molecule has 0 bridgehead atoms. The third-order valence-corrected chi connectivity index (χ3v) is 11.3. The molecule has 7 aromatic carbocycles. The number of allylic oxidation sites excluding steroid dienone is 4. The van der Waals surface area contributed by atoms with Crippen LogP contribution in [0.5, 0.6) is 0 Å². The quantitative estimate of drug-likeness (QED) is 0.113. The average molecular weight is 811 g/mol. The fraction of sp³-hybridized carbons (Fsp3) is 0.0175. The van der Waals surface area contributed by atoms with Gasteiger partial charge in [-0.2, -0.15) is 0 Å². The Morgan fingerprint density at radius 1 is 0.556 bits per heavy atom. The molecular formula is C57H42N6. The van der Waals surface area contributed by atoms with Crippen LogP contribution in [0.3, 0.4) is 0 Å². The molecule has 1 aliphatic heterocycles. The van der Waals surface area contributed by atoms with E-state index < -0.39 is 0 Å². The molecule has 2 aromatic heterocycles. The van der Waals surface area contributed by atoms with Crippen LogP contribution in [-0.2, 0) is 6.54 Å². The average Bonchev–Trinajstić information content (AvgIpc) is 3.68. The van der Waals surface area contributed by atoms with E-state index in [1.165, 1.54) is 5.39 Å². The van der Waals surface area contributed by atoms with E-state index in [4.69, 9.17) is 15.0 Å². The van der Waals surface area contributed by atoms with Crippen LogP contribution < -0.4 is 4.90 Å². The second-order valence-electron chi connectivity index (χ2n) is 15.3. The first-order valence-electron chi connectivity index (χ1n) is 20.9. The molecule has 0 radical (unpaired) electrons. The molecule has 9 aromatic rings. The monoisotopic (exact) mass is 810 g/mol. The van der Waals surface area contributed by atoms with Gasteiger partial charge in [0.2, 0.25) is 0 Å². The van der Waals surface area contributed by atoms with E-state index in [1.54, 1.807) is 0 Å². The largest absolute Gasteiger partial charge is 0.317 e. The Kier molecular flexibility index (Phi) is 10.6. The van der Waals surface area contributed by atoms with Gasteiger partial charge in [0.15, 0.2) is 11.7 Å². The number of rotatable bonds is 8. The molecule has 10 rings (SSSR count). The van der Waals surface area contributed by atoms with Crippen molar-refractivity contribution in [3.63, 3.8) is 0 Å². The maximum atomic E-state index is 5.02. The van der Waals surface area contributed by atoms with Crippen LogP contribution in [0.2, 0.25) is 0 Å². The van der Waals surface area contributed by atoms with E-state index in [0.717, 1.165) is 83.7 Å². The zero-order valence-corrected chi connectivity index (χ0v) is 34.6. The molecule has 63 heavy (non-hydrogen) atoms. The van der Waals surface area contributed by atoms with Crippen molar-refractivity contribution in [3.8, 4) is 28.1 Å². The molecule has 0 amide bonds. The smallest absolute Gasteiger partial charge is 0.161 e. The Hall–Kier alpha value is -8.48. The topological polar surface area (TPSA) is 58.1 Å². The van der Waals surface area contributed by atoms with Crippen LogP contribution >= 0.6 is 0 Å². The normalized spacial score (nSPS) is 14.0. The number of amidine groups is 2. The zero-order valence-electron chi connectivity index (χ0n) is 34.6. The maximum absolute atomic E-state index is 5.02. The summed E-state index contributed by atoms with van der Waals surface area (Å²) in [6.07, 6.45) is 10.1. The van der Waals surface area contributed by atoms with Crippen LogP contribution in [0, 0.1) is 0 Å². The van der Waals surface area contributed by atoms with Crippen LogP contribution in [0.4, 0.5) is 11.4 Å². The van der Waals surface area contributed by atoms with Gasteiger partial charge in [-0.3, -0.25) is 9.98 Å². The van der Waals surface area contributed by atoms with Crippen LogP contribution in [0.15, 0.2) is 240 Å². The summed E-state index contributed by atoms with van der Waals surface area (Å²) in [7, 11) is 0. The number of hydrogen-bond acceptors (Lipinski definition) is 3. The molecule has 0 unspecified atom stereocenters. The van der Waals surface area contributed by atoms with Crippen molar-refractivity contribution in [1.29, 1.82) is 0 Å². The zero-order chi connectivity index (χ0) is 42.5. The predicted octanol–water partition coefficient (Wildman–Crippen LogP) is 13.8. The first-order valence-corrected chi connectivity index (χ1v) is 20.9. The minimum atomic E-state index is 0.414. The molecule has 0 atom stereocenters. The molecule has 0 fully saturated rings. The number of pyridine rings is 1. The molecule has 0 aliphatic carbocycles. The number of nitrogens with zero attached hydrogens (tertiary/aromatic N) is 6. The van der Waals surface area contributed by atoms with Crippen molar-refractivity contribution < 1.29 is 0 Å². The second-order valence-corrected chi connectivity index (χ2v) is 15.3. The Morgan fingerprint density at radius 3 is 2.03 bits per heavy atom. The summed E-state index contributed by atoms with van der Waals surface area (Å²) in [4.78, 5) is 21.2. The van der Waals surface area contributed by atoms with Crippen molar-refractivity contribution >= 4 is 57.1 Å². The Morgan fingerprint density at radius 2 is 1.24 bits per heavy atom. The standard InChI is InChI=1S/C57H42N6/c1-40-17-14-15-34-62(47-23-10-5-11-24-47)55-38-45(28-30-49(40)55)44-22-16-25-48(36-44)63-53-27-13-12-26-50(53)51-37-46(29-31-54(51)63)52-35-41(32-33-59-52)39-60-57(43-20-8-4-9-21-43)61-56(58-2)42-18-6-3-7-19-42/h3-38H,1-2,39H2/b17-14-,34-15-,60-57?,61-56?. The van der Waals surface area contributed by atoms with Crippen molar-refractivity contribution in [2.75, 3.05) is 4.90 Å². The van der Waals surface area contributed by atoms with Gasteiger partial charge in [0.25, 0.3) is 0 Å². The summed E-state index contributed by atoms with van der Waals surface area (Å²) < 4.78 is 2.36. The van der Waals surface area contributed by atoms with Crippen molar-refractivity contribution in [2.45, 2.75) is 6.54 Å². The highest BCUT2D eigenvalue weighted by Gasteiger charge is 2.18. The molecule has 0 saturated carbocycles. The summed E-state index contributed by atoms with van der Waals surface area (Å²) in [5.41, 5.74) is 14.5. The molecule has 6 heteroatoms. The van der Waals surface area contributed by atoms with E-state index in [9.17, 15) is 0 Å². The molecule has 6 nitrogen and oxygen atoms in total. The molecule has 1 aliphatic rings. The minimum absolute atomic E-state index is 0.414. The molecule has 3 heterocycles. The van der Waals surface area contributed by atoms with E-state index in [0.29, 0.717) is 18.2 Å². The van der Waals surface area contributed by atoms with Gasteiger partial charge < -0.3 is 9.47 Å². The number of anilines is 2. The van der Waals surface area contributed by atoms with E-state index >= 15 is 0 Å². The summed E-state index contributed by atoms with van der Waals surface area (Å²) in [5, 5.41) is 2.33. The number of aromatic nitrogens is 2. The van der Waals surface area contributed by atoms with Crippen molar-refractivity contribution in [2.24, 2.45) is 15.0 Å². The molecule has 300 valence electrons. The van der Waals surface area contributed by atoms with Gasteiger partial charge in [-0.15, -0.1) is 0 Å². The Bertz CT molecular complexity index is 3280. The highest BCUT2D eigenvalue weighted by Crippen LogP contribution is 2.39. The minimum Gasteiger partial charge on any atom is -0.317 e. The van der Waals surface area contributed by atoms with Crippen LogP contribution in [0.25, 0.3) is 55.5 Å². The molecule has 0 N–H and O–H groups in total. The first-order chi connectivity index (χ1) is 31.1. The van der Waals surface area contributed by atoms with Gasteiger partial charge >= 0.3 is 0 Å². The predicted molar refractivity (Wildman–Crippen MR) is 265 cm³/mol. The van der Waals surface area contributed by atoms with Crippen LogP contribution in [0.1, 0.15) is 22.3 Å². The maximum Gasteiger partial charge on any atom is 0.161 e. The molecule has 0 saturated heterocycles. The Balaban J connectivity index is 1.00. The summed E-state index contributed by atoms with van der Waals surface area (Å²) >= 11 is 0. The fourth-order valence-electron chi connectivity index (χ4n) is 8.26. The summed E-state index contributed by atoms with van der Waals surface area (Å²) in [6.45, 7) is 8.61. The summed E-state index contributed by atoms with van der Waals surface area (Å²) in [6, 6.07) is 65.2. The number of fused-ring (bicyclic) bond motifs is 4. The third-order valence-electron chi connectivity index (χ3n) is 11.3. The number of para-hydroxylation sites is 2. The Labute approximate surface area is 367 Å². The van der Waals surface area contributed by atoms with E-state index in [1.807, 2.05) is 85.1 Å². The lowest BCUT2D eigenvalue weighted by atomic mass is 9.96. The highest BCUT2D eigenvalue weighted by atomic mass is 15.1.